The molecule has 0 radical (unpaired) electrons. The Labute approximate surface area is 119 Å². The number of hydrogen-bond donors (Lipinski definition) is 1. The van der Waals surface area contributed by atoms with Gasteiger partial charge in [-0.15, -0.1) is 0 Å². The fraction of sp³-hybridized carbons (Fsp3) is 0.438. The third-order valence-electron chi connectivity index (χ3n) is 3.24. The topological polar surface area (TPSA) is 55.8 Å². The Kier molecular flexibility index (Phi) is 5.32. The molecule has 1 saturated heterocycles. The summed E-state index contributed by atoms with van der Waals surface area (Å²) < 4.78 is 11.4. The number of carboxylic acid groups (broad SMARTS) is 1. The molecule has 20 heavy (non-hydrogen) atoms. The molecule has 2 atom stereocenters. The van der Waals surface area contributed by atoms with E-state index in [4.69, 9.17) is 14.6 Å². The van der Waals surface area contributed by atoms with Crippen LogP contribution in [0.25, 0.3) is 0 Å². The molecule has 1 aromatic carbocycles. The number of aliphatic carboxylic acids is 1. The SMILES string of the molecule is C=C1C[C@H](COCc2ccccc2)O[C@H](CC(=O)O)C1. The number of hydrogen-bond acceptors (Lipinski definition) is 3. The fourth-order valence-corrected chi connectivity index (χ4v) is 2.39. The largest absolute Gasteiger partial charge is 0.481 e. The van der Waals surface area contributed by atoms with E-state index in [1.807, 2.05) is 30.3 Å². The number of carbonyl (C=O) groups is 1. The Morgan fingerprint density at radius 2 is 2.00 bits per heavy atom. The van der Waals surface area contributed by atoms with Crippen molar-refractivity contribution in [1.82, 2.24) is 0 Å². The van der Waals surface area contributed by atoms with Gasteiger partial charge < -0.3 is 14.6 Å². The molecular formula is C16H20O4. The lowest BCUT2D eigenvalue weighted by molar-refractivity contribution is -0.143. The van der Waals surface area contributed by atoms with Gasteiger partial charge in [0, 0.05) is 0 Å². The van der Waals surface area contributed by atoms with Gasteiger partial charge in [0.2, 0.25) is 0 Å². The molecule has 0 aliphatic carbocycles. The predicted molar refractivity (Wildman–Crippen MR) is 75.4 cm³/mol. The van der Waals surface area contributed by atoms with E-state index < -0.39 is 5.97 Å². The van der Waals surface area contributed by atoms with Crippen LogP contribution in [0.1, 0.15) is 24.8 Å². The molecule has 4 heteroatoms. The molecule has 0 amide bonds. The first-order valence-electron chi connectivity index (χ1n) is 6.79. The van der Waals surface area contributed by atoms with Crippen LogP contribution in [0.2, 0.25) is 0 Å². The van der Waals surface area contributed by atoms with Crippen molar-refractivity contribution in [2.75, 3.05) is 6.61 Å². The van der Waals surface area contributed by atoms with Crippen LogP contribution < -0.4 is 0 Å². The molecule has 1 heterocycles. The van der Waals surface area contributed by atoms with Crippen molar-refractivity contribution in [2.24, 2.45) is 0 Å². The maximum Gasteiger partial charge on any atom is 0.305 e. The van der Waals surface area contributed by atoms with E-state index in [0.29, 0.717) is 19.6 Å². The lowest BCUT2D eigenvalue weighted by Gasteiger charge is -2.30. The van der Waals surface area contributed by atoms with Crippen LogP contribution >= 0.6 is 0 Å². The van der Waals surface area contributed by atoms with E-state index in [0.717, 1.165) is 17.6 Å². The van der Waals surface area contributed by atoms with Crippen LogP contribution in [0, 0.1) is 0 Å². The zero-order chi connectivity index (χ0) is 14.4. The van der Waals surface area contributed by atoms with Gasteiger partial charge in [0.25, 0.3) is 0 Å². The molecular weight excluding hydrogens is 256 g/mol. The standard InChI is InChI=1S/C16H20O4/c1-12-7-14(9-16(17)18)20-15(8-12)11-19-10-13-5-3-2-4-6-13/h2-6,14-15H,1,7-11H2,(H,17,18)/t14-,15+/m0/s1. The number of rotatable bonds is 6. The Morgan fingerprint density at radius 3 is 2.70 bits per heavy atom. The highest BCUT2D eigenvalue weighted by Gasteiger charge is 2.26. The van der Waals surface area contributed by atoms with Gasteiger partial charge in [-0.1, -0.05) is 42.5 Å². The first-order chi connectivity index (χ1) is 9.63. The summed E-state index contributed by atoms with van der Waals surface area (Å²) in [5, 5.41) is 8.82. The minimum absolute atomic E-state index is 0.0220. The minimum atomic E-state index is -0.839. The second-order valence-electron chi connectivity index (χ2n) is 5.14. The van der Waals surface area contributed by atoms with E-state index in [1.54, 1.807) is 0 Å². The molecule has 0 unspecified atom stereocenters. The van der Waals surface area contributed by atoms with E-state index in [2.05, 4.69) is 6.58 Å². The molecule has 1 aromatic rings. The normalized spacial score (nSPS) is 22.7. The monoisotopic (exact) mass is 276 g/mol. The fourth-order valence-electron chi connectivity index (χ4n) is 2.39. The van der Waals surface area contributed by atoms with Crippen LogP contribution in [-0.2, 0) is 20.9 Å². The van der Waals surface area contributed by atoms with Gasteiger partial charge in [0.15, 0.2) is 0 Å². The summed E-state index contributed by atoms with van der Waals surface area (Å²) in [6, 6.07) is 9.93. The van der Waals surface area contributed by atoms with Crippen molar-refractivity contribution >= 4 is 5.97 Å². The third-order valence-corrected chi connectivity index (χ3v) is 3.24. The van der Waals surface area contributed by atoms with Crippen LogP contribution in [0.5, 0.6) is 0 Å². The highest BCUT2D eigenvalue weighted by Crippen LogP contribution is 2.25. The number of ether oxygens (including phenoxy) is 2. The summed E-state index contributed by atoms with van der Waals surface area (Å²) in [4.78, 5) is 10.7. The zero-order valence-electron chi connectivity index (χ0n) is 11.5. The molecule has 0 aromatic heterocycles. The molecule has 0 spiro atoms. The lowest BCUT2D eigenvalue weighted by atomic mass is 9.98. The first-order valence-corrected chi connectivity index (χ1v) is 6.79. The summed E-state index contributed by atoms with van der Waals surface area (Å²) in [7, 11) is 0. The van der Waals surface area contributed by atoms with Gasteiger partial charge in [-0.2, -0.15) is 0 Å². The van der Waals surface area contributed by atoms with Crippen molar-refractivity contribution < 1.29 is 19.4 Å². The molecule has 2 rings (SSSR count). The molecule has 4 nitrogen and oxygen atoms in total. The van der Waals surface area contributed by atoms with Crippen LogP contribution in [-0.4, -0.2) is 29.9 Å². The molecule has 0 bridgehead atoms. The second-order valence-corrected chi connectivity index (χ2v) is 5.14. The van der Waals surface area contributed by atoms with Gasteiger partial charge in [-0.05, 0) is 18.4 Å². The van der Waals surface area contributed by atoms with Gasteiger partial charge >= 0.3 is 5.97 Å². The van der Waals surface area contributed by atoms with Gasteiger partial charge in [-0.25, -0.2) is 0 Å². The second kappa shape index (κ2) is 7.22. The maximum atomic E-state index is 10.7. The molecule has 1 fully saturated rings. The number of benzene rings is 1. The highest BCUT2D eigenvalue weighted by atomic mass is 16.5. The van der Waals surface area contributed by atoms with Crippen LogP contribution in [0.4, 0.5) is 0 Å². The summed E-state index contributed by atoms with van der Waals surface area (Å²) in [6.07, 6.45) is 1.02. The van der Waals surface area contributed by atoms with E-state index >= 15 is 0 Å². The van der Waals surface area contributed by atoms with Gasteiger partial charge in [0.1, 0.15) is 0 Å². The smallest absolute Gasteiger partial charge is 0.305 e. The van der Waals surface area contributed by atoms with E-state index in [9.17, 15) is 4.79 Å². The van der Waals surface area contributed by atoms with Gasteiger partial charge in [-0.3, -0.25) is 4.79 Å². The molecule has 1 aliphatic heterocycles. The highest BCUT2D eigenvalue weighted by molar-refractivity contribution is 5.67. The average Bonchev–Trinajstić information content (AvgIpc) is 2.38. The van der Waals surface area contributed by atoms with Gasteiger partial charge in [0.05, 0.1) is 31.8 Å². The molecule has 1 aliphatic rings. The molecule has 1 N–H and O–H groups in total. The van der Waals surface area contributed by atoms with Crippen molar-refractivity contribution in [1.29, 1.82) is 0 Å². The Morgan fingerprint density at radius 1 is 1.30 bits per heavy atom. The molecule has 0 saturated carbocycles. The number of carboxylic acids is 1. The average molecular weight is 276 g/mol. The third kappa shape index (κ3) is 4.79. The molecule has 108 valence electrons. The zero-order valence-corrected chi connectivity index (χ0v) is 11.5. The summed E-state index contributed by atoms with van der Waals surface area (Å²) in [5.74, 6) is -0.839. The van der Waals surface area contributed by atoms with Crippen molar-refractivity contribution in [3.63, 3.8) is 0 Å². The van der Waals surface area contributed by atoms with Crippen molar-refractivity contribution in [2.45, 2.75) is 38.1 Å². The lowest BCUT2D eigenvalue weighted by Crippen LogP contribution is -2.33. The summed E-state index contributed by atoms with van der Waals surface area (Å²) in [6.45, 7) is 4.96. The predicted octanol–water partition coefficient (Wildman–Crippen LogP) is 2.78. The summed E-state index contributed by atoms with van der Waals surface area (Å²) in [5.41, 5.74) is 2.15. The van der Waals surface area contributed by atoms with Crippen LogP contribution in [0.15, 0.2) is 42.5 Å². The quantitative estimate of drug-likeness (QED) is 0.812. The Bertz CT molecular complexity index is 453. The van der Waals surface area contributed by atoms with E-state index in [1.165, 1.54) is 0 Å². The van der Waals surface area contributed by atoms with E-state index in [-0.39, 0.29) is 18.6 Å². The Balaban J connectivity index is 1.77. The van der Waals surface area contributed by atoms with Crippen LogP contribution in [0.3, 0.4) is 0 Å². The maximum absolute atomic E-state index is 10.7. The first kappa shape index (κ1) is 14.8. The van der Waals surface area contributed by atoms with Crippen molar-refractivity contribution in [3.05, 3.63) is 48.0 Å². The summed E-state index contributed by atoms with van der Waals surface area (Å²) >= 11 is 0. The van der Waals surface area contributed by atoms with Crippen molar-refractivity contribution in [3.8, 4) is 0 Å². The Hall–Kier alpha value is -1.65. The minimum Gasteiger partial charge on any atom is -0.481 e.